The zero-order chi connectivity index (χ0) is 26.5. The molecule has 1 aliphatic rings. The molecule has 0 radical (unpaired) electrons. The van der Waals surface area contributed by atoms with Crippen LogP contribution in [0, 0.1) is 0 Å². The van der Waals surface area contributed by atoms with Crippen molar-refractivity contribution < 1.29 is 23.4 Å². The Morgan fingerprint density at radius 1 is 0.865 bits per heavy atom. The van der Waals surface area contributed by atoms with Gasteiger partial charge in [0, 0.05) is 19.2 Å². The van der Waals surface area contributed by atoms with Crippen molar-refractivity contribution in [2.75, 3.05) is 46.0 Å². The van der Waals surface area contributed by atoms with Gasteiger partial charge in [-0.15, -0.1) is 0 Å². The van der Waals surface area contributed by atoms with Crippen molar-refractivity contribution in [1.82, 2.24) is 9.80 Å². The highest BCUT2D eigenvalue weighted by atomic mass is 16.5. The highest BCUT2D eigenvalue weighted by molar-refractivity contribution is 5.99. The first kappa shape index (κ1) is 26.5. The maximum absolute atomic E-state index is 13.8. The molecule has 0 spiro atoms. The summed E-state index contributed by atoms with van der Waals surface area (Å²) < 4.78 is 23.3. The van der Waals surface area contributed by atoms with Crippen molar-refractivity contribution in [2.24, 2.45) is 0 Å². The number of hydrogen-bond acceptors (Lipinski definition) is 7. The number of likely N-dealkylation sites (N-methyl/N-ethyl adjacent to an activating group) is 1. The summed E-state index contributed by atoms with van der Waals surface area (Å²) in [5, 5.41) is 0.418. The third kappa shape index (κ3) is 5.16. The van der Waals surface area contributed by atoms with Crippen LogP contribution in [0.25, 0.3) is 11.0 Å². The van der Waals surface area contributed by atoms with Crippen LogP contribution in [0.15, 0.2) is 45.6 Å². The Morgan fingerprint density at radius 2 is 1.57 bits per heavy atom. The summed E-state index contributed by atoms with van der Waals surface area (Å²) in [7, 11) is 0. The molecule has 2 heterocycles. The van der Waals surface area contributed by atoms with Crippen LogP contribution in [-0.4, -0.2) is 61.7 Å². The van der Waals surface area contributed by atoms with Crippen LogP contribution < -0.4 is 19.6 Å². The average molecular weight is 509 g/mol. The van der Waals surface area contributed by atoms with Crippen molar-refractivity contribution >= 4 is 16.9 Å². The number of fused-ring (bicyclic) bond motifs is 2. The van der Waals surface area contributed by atoms with Gasteiger partial charge in [-0.05, 0) is 63.7 Å². The van der Waals surface area contributed by atoms with Crippen LogP contribution in [0.2, 0.25) is 0 Å². The number of carbonyl (C=O) groups excluding carboxylic acids is 1. The third-order valence-corrected chi connectivity index (χ3v) is 6.68. The monoisotopic (exact) mass is 508 g/mol. The molecule has 0 N–H and O–H groups in total. The molecule has 1 atom stereocenters. The molecule has 3 aromatic rings. The summed E-state index contributed by atoms with van der Waals surface area (Å²) >= 11 is 0. The minimum atomic E-state index is -0.597. The first-order chi connectivity index (χ1) is 18.0. The molecular weight excluding hydrogens is 472 g/mol. The first-order valence-corrected chi connectivity index (χ1v) is 13.1. The van der Waals surface area contributed by atoms with E-state index in [-0.39, 0.29) is 17.1 Å². The van der Waals surface area contributed by atoms with E-state index in [9.17, 15) is 9.59 Å². The van der Waals surface area contributed by atoms with E-state index in [0.717, 1.165) is 18.7 Å². The maximum Gasteiger partial charge on any atom is 0.290 e. The lowest BCUT2D eigenvalue weighted by atomic mass is 9.98. The minimum absolute atomic E-state index is 0.0857. The highest BCUT2D eigenvalue weighted by Gasteiger charge is 2.43. The number of ether oxygens (including phenoxy) is 3. The molecule has 1 aromatic heterocycles. The molecule has 0 saturated heterocycles. The van der Waals surface area contributed by atoms with Crippen LogP contribution >= 0.6 is 0 Å². The fourth-order valence-electron chi connectivity index (χ4n) is 4.86. The van der Waals surface area contributed by atoms with Crippen LogP contribution in [0.1, 0.15) is 62.3 Å². The quantitative estimate of drug-likeness (QED) is 0.345. The molecule has 37 heavy (non-hydrogen) atoms. The molecule has 8 nitrogen and oxygen atoms in total. The maximum atomic E-state index is 13.8. The number of rotatable bonds is 12. The number of hydrogen-bond donors (Lipinski definition) is 0. The lowest BCUT2D eigenvalue weighted by Gasteiger charge is -2.28. The van der Waals surface area contributed by atoms with Gasteiger partial charge in [0.1, 0.15) is 11.3 Å². The van der Waals surface area contributed by atoms with Crippen LogP contribution in [0.3, 0.4) is 0 Å². The summed E-state index contributed by atoms with van der Waals surface area (Å²) in [5.41, 5.74) is 1.26. The number of nitrogens with zero attached hydrogens (tertiary/aromatic N) is 2. The molecule has 8 heteroatoms. The van der Waals surface area contributed by atoms with Gasteiger partial charge in [-0.25, -0.2) is 0 Å². The summed E-state index contributed by atoms with van der Waals surface area (Å²) in [6.45, 7) is 14.2. The van der Waals surface area contributed by atoms with Crippen molar-refractivity contribution in [2.45, 2.75) is 40.7 Å². The SMILES string of the molecule is CCOc1ccc2c(=O)c3c(oc2c1)C(=O)N(CCN(CC)CC)C3c1ccc(OCC)c(OCC)c1. The van der Waals surface area contributed by atoms with Gasteiger partial charge in [0.2, 0.25) is 5.76 Å². The largest absolute Gasteiger partial charge is 0.494 e. The van der Waals surface area contributed by atoms with Gasteiger partial charge >= 0.3 is 0 Å². The fourth-order valence-corrected chi connectivity index (χ4v) is 4.86. The van der Waals surface area contributed by atoms with Crippen molar-refractivity contribution in [3.63, 3.8) is 0 Å². The molecule has 1 amide bonds. The Balaban J connectivity index is 1.87. The zero-order valence-electron chi connectivity index (χ0n) is 22.3. The van der Waals surface area contributed by atoms with Gasteiger partial charge in [-0.2, -0.15) is 0 Å². The van der Waals surface area contributed by atoms with Crippen LogP contribution in [-0.2, 0) is 0 Å². The van der Waals surface area contributed by atoms with E-state index in [2.05, 4.69) is 18.7 Å². The summed E-state index contributed by atoms with van der Waals surface area (Å²) in [4.78, 5) is 31.6. The van der Waals surface area contributed by atoms with E-state index < -0.39 is 6.04 Å². The summed E-state index contributed by atoms with van der Waals surface area (Å²) in [6.07, 6.45) is 0. The predicted octanol–water partition coefficient (Wildman–Crippen LogP) is 4.88. The number of benzene rings is 2. The Kier molecular flexibility index (Phi) is 8.38. The van der Waals surface area contributed by atoms with E-state index in [4.69, 9.17) is 18.6 Å². The summed E-state index contributed by atoms with van der Waals surface area (Å²) in [6, 6.07) is 10.1. The standard InChI is InChI=1S/C29H36N2O6/c1-6-30(7-2)15-16-31-26(19-11-14-22(35-9-4)24(17-19)36-10-5)25-27(32)21-13-12-20(34-8-3)18-23(21)37-28(25)29(31)33/h11-14,17-18,26H,6-10,15-16H2,1-5H3. The molecule has 1 unspecified atom stereocenters. The van der Waals surface area contributed by atoms with Crippen LogP contribution in [0.5, 0.6) is 17.2 Å². The molecule has 0 saturated carbocycles. The van der Waals surface area contributed by atoms with Gasteiger partial charge in [0.15, 0.2) is 16.9 Å². The Morgan fingerprint density at radius 3 is 2.24 bits per heavy atom. The lowest BCUT2D eigenvalue weighted by molar-refractivity contribution is 0.0708. The molecule has 1 aliphatic heterocycles. The molecular formula is C29H36N2O6. The van der Waals surface area contributed by atoms with Gasteiger partial charge in [0.05, 0.1) is 36.8 Å². The van der Waals surface area contributed by atoms with Gasteiger partial charge < -0.3 is 28.4 Å². The molecule has 4 rings (SSSR count). The fraction of sp³-hybridized carbons (Fsp3) is 0.448. The molecule has 198 valence electrons. The molecule has 0 bridgehead atoms. The van der Waals surface area contributed by atoms with Crippen molar-refractivity contribution in [1.29, 1.82) is 0 Å². The number of carbonyl (C=O) groups is 1. The Labute approximate surface area is 217 Å². The van der Waals surface area contributed by atoms with E-state index in [1.807, 2.05) is 39.0 Å². The smallest absolute Gasteiger partial charge is 0.290 e. The Hall–Kier alpha value is -3.52. The summed E-state index contributed by atoms with van der Waals surface area (Å²) in [5.74, 6) is 1.59. The Bertz CT molecular complexity index is 1310. The second-order valence-electron chi connectivity index (χ2n) is 8.77. The van der Waals surface area contributed by atoms with E-state index >= 15 is 0 Å². The predicted molar refractivity (Wildman–Crippen MR) is 143 cm³/mol. The lowest BCUT2D eigenvalue weighted by Crippen LogP contribution is -2.37. The van der Waals surface area contributed by atoms with E-state index in [0.29, 0.717) is 66.7 Å². The van der Waals surface area contributed by atoms with Gasteiger partial charge in [0.25, 0.3) is 5.91 Å². The van der Waals surface area contributed by atoms with Gasteiger partial charge in [-0.3, -0.25) is 9.59 Å². The van der Waals surface area contributed by atoms with Crippen molar-refractivity contribution in [3.8, 4) is 17.2 Å². The topological polar surface area (TPSA) is 81.5 Å². The van der Waals surface area contributed by atoms with Crippen molar-refractivity contribution in [3.05, 3.63) is 63.5 Å². The van der Waals surface area contributed by atoms with E-state index in [1.54, 1.807) is 23.1 Å². The second kappa shape index (κ2) is 11.7. The first-order valence-electron chi connectivity index (χ1n) is 13.1. The third-order valence-electron chi connectivity index (χ3n) is 6.68. The molecule has 0 aliphatic carbocycles. The zero-order valence-corrected chi connectivity index (χ0v) is 22.3. The highest BCUT2D eigenvalue weighted by Crippen LogP contribution is 2.41. The molecule has 2 aromatic carbocycles. The molecule has 0 fully saturated rings. The average Bonchev–Trinajstić information content (AvgIpc) is 3.18. The number of amides is 1. The van der Waals surface area contributed by atoms with Gasteiger partial charge in [-0.1, -0.05) is 19.9 Å². The normalized spacial score (nSPS) is 14.9. The van der Waals surface area contributed by atoms with Crippen LogP contribution in [0.4, 0.5) is 0 Å². The second-order valence-corrected chi connectivity index (χ2v) is 8.77. The van der Waals surface area contributed by atoms with E-state index in [1.165, 1.54) is 0 Å². The minimum Gasteiger partial charge on any atom is -0.494 e.